The summed E-state index contributed by atoms with van der Waals surface area (Å²) in [6, 6.07) is 0.620. The Morgan fingerprint density at radius 3 is 1.90 bits per heavy atom. The van der Waals surface area contributed by atoms with Crippen molar-refractivity contribution in [2.75, 3.05) is 13.1 Å². The van der Waals surface area contributed by atoms with Crippen LogP contribution in [0.5, 0.6) is 0 Å². The Labute approximate surface area is 64.7 Å². The highest BCUT2D eigenvalue weighted by molar-refractivity contribution is 4.93. The van der Waals surface area contributed by atoms with E-state index in [1.165, 1.54) is 18.7 Å². The Balaban J connectivity index is 3.88. The van der Waals surface area contributed by atoms with Gasteiger partial charge < -0.3 is 4.90 Å². The van der Waals surface area contributed by atoms with E-state index < -0.39 is 0 Å². The van der Waals surface area contributed by atoms with Crippen LogP contribution in [0.25, 0.3) is 0 Å². The van der Waals surface area contributed by atoms with Crippen LogP contribution in [0.3, 0.4) is 0 Å². The van der Waals surface area contributed by atoms with E-state index in [2.05, 4.69) is 34.3 Å². The number of hydrogen-bond acceptors (Lipinski definition) is 0. The molecule has 0 aromatic rings. The second-order valence-electron chi connectivity index (χ2n) is 2.93. The first kappa shape index (κ1) is 9.70. The minimum absolute atomic E-state index is 0.620. The fraction of sp³-hybridized carbons (Fsp3) is 0.778. The molecule has 0 radical (unpaired) electrons. The van der Waals surface area contributed by atoms with Crippen LogP contribution < -0.4 is 4.90 Å². The lowest BCUT2D eigenvalue weighted by Gasteiger charge is -2.23. The van der Waals surface area contributed by atoms with Crippen LogP contribution in [0.4, 0.5) is 0 Å². The largest absolute Gasteiger partial charge is 0.330 e. The molecule has 0 aromatic carbocycles. The molecule has 1 heteroatoms. The van der Waals surface area contributed by atoms with E-state index in [0.717, 1.165) is 0 Å². The molecule has 0 rings (SSSR count). The van der Waals surface area contributed by atoms with Gasteiger partial charge in [0.15, 0.2) is 0 Å². The Kier molecular flexibility index (Phi) is 4.37. The summed E-state index contributed by atoms with van der Waals surface area (Å²) in [5.74, 6) is 0. The first-order chi connectivity index (χ1) is 4.63. The predicted octanol–water partition coefficient (Wildman–Crippen LogP) is 0.876. The number of nitrogens with one attached hydrogen (secondary N) is 1. The third-order valence-corrected chi connectivity index (χ3v) is 2.26. The topological polar surface area (TPSA) is 4.44 Å². The highest BCUT2D eigenvalue weighted by atomic mass is 15.1. The second kappa shape index (κ2) is 4.51. The van der Waals surface area contributed by atoms with E-state index >= 15 is 0 Å². The summed E-state index contributed by atoms with van der Waals surface area (Å²) in [6.07, 6.45) is 0. The van der Waals surface area contributed by atoms with Crippen LogP contribution in [0.15, 0.2) is 12.2 Å². The summed E-state index contributed by atoms with van der Waals surface area (Å²) in [4.78, 5) is 1.62. The van der Waals surface area contributed by atoms with Gasteiger partial charge in [-0.2, -0.15) is 0 Å². The zero-order valence-corrected chi connectivity index (χ0v) is 7.70. The molecule has 0 heterocycles. The highest BCUT2D eigenvalue weighted by Crippen LogP contribution is 1.90. The van der Waals surface area contributed by atoms with Gasteiger partial charge in [-0.1, -0.05) is 6.58 Å². The van der Waals surface area contributed by atoms with Gasteiger partial charge in [-0.05, 0) is 33.3 Å². The molecule has 10 heavy (non-hydrogen) atoms. The smallest absolute Gasteiger partial charge is 0.106 e. The van der Waals surface area contributed by atoms with Crippen molar-refractivity contribution in [2.45, 2.75) is 33.7 Å². The highest BCUT2D eigenvalue weighted by Gasteiger charge is 2.12. The lowest BCUT2D eigenvalue weighted by molar-refractivity contribution is -0.914. The summed E-state index contributed by atoms with van der Waals surface area (Å²) in [5, 5.41) is 0. The van der Waals surface area contributed by atoms with E-state index in [1.807, 2.05) is 0 Å². The zero-order chi connectivity index (χ0) is 8.15. The molecule has 1 N–H and O–H groups in total. The van der Waals surface area contributed by atoms with Crippen molar-refractivity contribution in [2.24, 2.45) is 0 Å². The van der Waals surface area contributed by atoms with E-state index in [0.29, 0.717) is 6.04 Å². The lowest BCUT2D eigenvalue weighted by atomic mass is 10.1. The summed E-state index contributed by atoms with van der Waals surface area (Å²) >= 11 is 0. The number of quaternary nitrogens is 1. The molecule has 0 fully saturated rings. The molecule has 0 aromatic heterocycles. The average molecular weight is 142 g/mol. The van der Waals surface area contributed by atoms with Gasteiger partial charge in [0.25, 0.3) is 0 Å². The minimum atomic E-state index is 0.620. The van der Waals surface area contributed by atoms with Gasteiger partial charge in [0.05, 0.1) is 13.1 Å². The first-order valence-electron chi connectivity index (χ1n) is 4.13. The van der Waals surface area contributed by atoms with E-state index in [9.17, 15) is 0 Å². The van der Waals surface area contributed by atoms with Crippen molar-refractivity contribution in [1.29, 1.82) is 0 Å². The molecule has 0 aliphatic heterocycles. The molecule has 0 amide bonds. The normalized spacial score (nSPS) is 13.7. The van der Waals surface area contributed by atoms with E-state index in [4.69, 9.17) is 0 Å². The third-order valence-electron chi connectivity index (χ3n) is 2.26. The molecule has 1 unspecified atom stereocenters. The van der Waals surface area contributed by atoms with Crippen LogP contribution in [0.2, 0.25) is 0 Å². The van der Waals surface area contributed by atoms with Crippen molar-refractivity contribution in [1.82, 2.24) is 0 Å². The van der Waals surface area contributed by atoms with Crippen LogP contribution >= 0.6 is 0 Å². The van der Waals surface area contributed by atoms with Crippen molar-refractivity contribution in [3.63, 3.8) is 0 Å². The van der Waals surface area contributed by atoms with Gasteiger partial charge in [0, 0.05) is 0 Å². The average Bonchev–Trinajstić information content (AvgIpc) is 1.90. The van der Waals surface area contributed by atoms with Crippen LogP contribution in [-0.4, -0.2) is 19.1 Å². The Bertz CT molecular complexity index is 103. The quantitative estimate of drug-likeness (QED) is 0.556. The zero-order valence-electron chi connectivity index (χ0n) is 7.70. The molecular formula is C9H20N+. The molecule has 0 aliphatic rings. The van der Waals surface area contributed by atoms with Crippen molar-refractivity contribution in [3.8, 4) is 0 Å². The SMILES string of the molecule is C=C(C)C(C)[NH+](CC)CC. The Morgan fingerprint density at radius 1 is 1.40 bits per heavy atom. The fourth-order valence-corrected chi connectivity index (χ4v) is 1.21. The van der Waals surface area contributed by atoms with Gasteiger partial charge >= 0.3 is 0 Å². The van der Waals surface area contributed by atoms with E-state index in [1.54, 1.807) is 4.90 Å². The van der Waals surface area contributed by atoms with Gasteiger partial charge in [-0.25, -0.2) is 0 Å². The molecule has 0 saturated carbocycles. The lowest BCUT2D eigenvalue weighted by Crippen LogP contribution is -3.14. The summed E-state index contributed by atoms with van der Waals surface area (Å²) in [7, 11) is 0. The van der Waals surface area contributed by atoms with Gasteiger partial charge in [-0.3, -0.25) is 0 Å². The maximum atomic E-state index is 3.95. The summed E-state index contributed by atoms with van der Waals surface area (Å²) < 4.78 is 0. The second-order valence-corrected chi connectivity index (χ2v) is 2.93. The molecule has 1 atom stereocenters. The molecule has 1 nitrogen and oxygen atoms in total. The first-order valence-corrected chi connectivity index (χ1v) is 4.13. The number of likely N-dealkylation sites (N-methyl/N-ethyl adjacent to an activating group) is 1. The maximum Gasteiger partial charge on any atom is 0.106 e. The molecule has 0 saturated heterocycles. The number of rotatable bonds is 4. The van der Waals surface area contributed by atoms with Crippen molar-refractivity contribution < 1.29 is 4.90 Å². The molecule has 0 bridgehead atoms. The Hall–Kier alpha value is -0.300. The van der Waals surface area contributed by atoms with Crippen LogP contribution in [0.1, 0.15) is 27.7 Å². The monoisotopic (exact) mass is 142 g/mol. The van der Waals surface area contributed by atoms with E-state index in [-0.39, 0.29) is 0 Å². The third kappa shape index (κ3) is 2.53. The number of hydrogen-bond donors (Lipinski definition) is 1. The molecule has 0 aliphatic carbocycles. The molecule has 60 valence electrons. The fourth-order valence-electron chi connectivity index (χ4n) is 1.21. The summed E-state index contributed by atoms with van der Waals surface area (Å²) in [6.45, 7) is 15.1. The minimum Gasteiger partial charge on any atom is -0.330 e. The van der Waals surface area contributed by atoms with Crippen LogP contribution in [-0.2, 0) is 0 Å². The summed E-state index contributed by atoms with van der Waals surface area (Å²) in [5.41, 5.74) is 1.29. The van der Waals surface area contributed by atoms with Crippen molar-refractivity contribution >= 4 is 0 Å². The van der Waals surface area contributed by atoms with Crippen molar-refractivity contribution in [3.05, 3.63) is 12.2 Å². The Morgan fingerprint density at radius 2 is 1.80 bits per heavy atom. The standard InChI is InChI=1S/C9H19N/c1-6-10(7-2)9(5)8(3)4/h9H,3,6-7H2,1-2,4-5H3/p+1. The molecule has 0 spiro atoms. The maximum absolute atomic E-state index is 3.95. The predicted molar refractivity (Wildman–Crippen MR) is 46.3 cm³/mol. The van der Waals surface area contributed by atoms with Gasteiger partial charge in [-0.15, -0.1) is 0 Å². The molecular weight excluding hydrogens is 122 g/mol. The van der Waals surface area contributed by atoms with Gasteiger partial charge in [0.2, 0.25) is 0 Å². The van der Waals surface area contributed by atoms with Gasteiger partial charge in [0.1, 0.15) is 6.04 Å². The van der Waals surface area contributed by atoms with Crippen LogP contribution in [0, 0.1) is 0 Å².